The van der Waals surface area contributed by atoms with Gasteiger partial charge in [-0.1, -0.05) is 41.9 Å². The van der Waals surface area contributed by atoms with E-state index in [1.165, 1.54) is 5.56 Å². The summed E-state index contributed by atoms with van der Waals surface area (Å²) in [6.45, 7) is 0.730. The van der Waals surface area contributed by atoms with Gasteiger partial charge in [0.1, 0.15) is 0 Å². The minimum absolute atomic E-state index is 0.169. The third-order valence-corrected chi connectivity index (χ3v) is 4.47. The van der Waals surface area contributed by atoms with Crippen LogP contribution in [0.1, 0.15) is 22.7 Å². The van der Waals surface area contributed by atoms with Crippen molar-refractivity contribution in [2.45, 2.75) is 12.5 Å². The van der Waals surface area contributed by atoms with Gasteiger partial charge in [-0.05, 0) is 51.2 Å². The molecule has 0 aliphatic carbocycles. The molecule has 0 aliphatic heterocycles. The summed E-state index contributed by atoms with van der Waals surface area (Å²) >= 11 is 9.50. The first-order valence-electron chi connectivity index (χ1n) is 6.40. The van der Waals surface area contributed by atoms with Crippen molar-refractivity contribution >= 4 is 27.5 Å². The summed E-state index contributed by atoms with van der Waals surface area (Å²) in [5, 5.41) is 0.676. The van der Waals surface area contributed by atoms with Crippen LogP contribution in [0, 0.1) is 0 Å². The molecule has 0 bridgehead atoms. The number of benzene rings is 2. The Morgan fingerprint density at radius 3 is 2.40 bits per heavy atom. The standard InChI is InChI=1S/C16H17BrClNO/c1-20-9-8-11-2-4-12(5-3-11)16(19)13-6-7-14(17)15(18)10-13/h2-7,10,16H,8-9,19H2,1H3. The van der Waals surface area contributed by atoms with Crippen LogP contribution in [0.2, 0.25) is 5.02 Å². The molecule has 20 heavy (non-hydrogen) atoms. The second-order valence-electron chi connectivity index (χ2n) is 4.64. The fraction of sp³-hybridized carbons (Fsp3) is 0.250. The smallest absolute Gasteiger partial charge is 0.0552 e. The molecule has 0 aromatic heterocycles. The van der Waals surface area contributed by atoms with E-state index in [1.807, 2.05) is 18.2 Å². The van der Waals surface area contributed by atoms with Crippen molar-refractivity contribution in [3.8, 4) is 0 Å². The van der Waals surface area contributed by atoms with Crippen molar-refractivity contribution in [2.24, 2.45) is 5.73 Å². The average molecular weight is 355 g/mol. The molecule has 4 heteroatoms. The molecule has 1 atom stereocenters. The van der Waals surface area contributed by atoms with Crippen LogP contribution in [0.25, 0.3) is 0 Å². The Hall–Kier alpha value is -0.870. The van der Waals surface area contributed by atoms with Gasteiger partial charge < -0.3 is 10.5 Å². The molecular weight excluding hydrogens is 338 g/mol. The second-order valence-corrected chi connectivity index (χ2v) is 5.90. The maximum Gasteiger partial charge on any atom is 0.0552 e. The van der Waals surface area contributed by atoms with Gasteiger partial charge in [-0.3, -0.25) is 0 Å². The number of hydrogen-bond acceptors (Lipinski definition) is 2. The van der Waals surface area contributed by atoms with Gasteiger partial charge >= 0.3 is 0 Å². The highest BCUT2D eigenvalue weighted by Crippen LogP contribution is 2.28. The number of ether oxygens (including phenoxy) is 1. The molecule has 0 aliphatic rings. The van der Waals surface area contributed by atoms with Crippen molar-refractivity contribution in [3.63, 3.8) is 0 Å². The van der Waals surface area contributed by atoms with Gasteiger partial charge in [0, 0.05) is 11.6 Å². The SMILES string of the molecule is COCCc1ccc(C(N)c2ccc(Br)c(Cl)c2)cc1. The highest BCUT2D eigenvalue weighted by Gasteiger charge is 2.10. The lowest BCUT2D eigenvalue weighted by Gasteiger charge is -2.14. The first-order valence-corrected chi connectivity index (χ1v) is 7.57. The van der Waals surface area contributed by atoms with E-state index in [2.05, 4.69) is 40.2 Å². The van der Waals surface area contributed by atoms with Crippen molar-refractivity contribution < 1.29 is 4.74 Å². The summed E-state index contributed by atoms with van der Waals surface area (Å²) < 4.78 is 5.95. The quantitative estimate of drug-likeness (QED) is 0.867. The van der Waals surface area contributed by atoms with E-state index in [0.717, 1.165) is 28.6 Å². The van der Waals surface area contributed by atoms with Crippen molar-refractivity contribution in [2.75, 3.05) is 13.7 Å². The zero-order valence-corrected chi connectivity index (χ0v) is 13.6. The van der Waals surface area contributed by atoms with E-state index in [-0.39, 0.29) is 6.04 Å². The third kappa shape index (κ3) is 3.83. The molecule has 0 spiro atoms. The van der Waals surface area contributed by atoms with E-state index in [9.17, 15) is 0 Å². The maximum absolute atomic E-state index is 6.29. The summed E-state index contributed by atoms with van der Waals surface area (Å²) in [7, 11) is 1.71. The number of hydrogen-bond donors (Lipinski definition) is 1. The monoisotopic (exact) mass is 353 g/mol. The Bertz CT molecular complexity index is 571. The van der Waals surface area contributed by atoms with Gasteiger partial charge in [-0.2, -0.15) is 0 Å². The molecule has 2 nitrogen and oxygen atoms in total. The molecule has 2 rings (SSSR count). The number of halogens is 2. The zero-order valence-electron chi connectivity index (χ0n) is 11.3. The maximum atomic E-state index is 6.29. The topological polar surface area (TPSA) is 35.2 Å². The molecule has 2 aromatic carbocycles. The van der Waals surface area contributed by atoms with E-state index >= 15 is 0 Å². The largest absolute Gasteiger partial charge is 0.384 e. The van der Waals surface area contributed by atoms with Crippen LogP contribution in [-0.4, -0.2) is 13.7 Å². The van der Waals surface area contributed by atoms with E-state index in [4.69, 9.17) is 22.1 Å². The lowest BCUT2D eigenvalue weighted by atomic mass is 9.98. The Labute approximate surface area is 133 Å². The van der Waals surface area contributed by atoms with Crippen molar-refractivity contribution in [3.05, 3.63) is 68.7 Å². The van der Waals surface area contributed by atoms with E-state index in [1.54, 1.807) is 7.11 Å². The zero-order chi connectivity index (χ0) is 14.5. The van der Waals surface area contributed by atoms with Gasteiger partial charge in [0.05, 0.1) is 17.7 Å². The van der Waals surface area contributed by atoms with Crippen LogP contribution in [0.4, 0.5) is 0 Å². The highest BCUT2D eigenvalue weighted by atomic mass is 79.9. The molecule has 0 saturated carbocycles. The Balaban J connectivity index is 2.15. The number of rotatable bonds is 5. The van der Waals surface area contributed by atoms with Crippen LogP contribution in [0.5, 0.6) is 0 Å². The van der Waals surface area contributed by atoms with Crippen LogP contribution in [-0.2, 0) is 11.2 Å². The Kier molecular flexibility index (Phi) is 5.61. The molecule has 2 N–H and O–H groups in total. The van der Waals surface area contributed by atoms with E-state index in [0.29, 0.717) is 5.02 Å². The molecular formula is C16H17BrClNO. The normalized spacial score (nSPS) is 12.4. The van der Waals surface area contributed by atoms with Crippen LogP contribution in [0.3, 0.4) is 0 Å². The molecule has 0 amide bonds. The Morgan fingerprint density at radius 1 is 1.15 bits per heavy atom. The molecule has 1 unspecified atom stereocenters. The predicted molar refractivity (Wildman–Crippen MR) is 87.2 cm³/mol. The molecule has 0 radical (unpaired) electrons. The molecule has 0 fully saturated rings. The fourth-order valence-electron chi connectivity index (χ4n) is 2.01. The lowest BCUT2D eigenvalue weighted by molar-refractivity contribution is 0.202. The van der Waals surface area contributed by atoms with Crippen molar-refractivity contribution in [1.29, 1.82) is 0 Å². The van der Waals surface area contributed by atoms with E-state index < -0.39 is 0 Å². The third-order valence-electron chi connectivity index (χ3n) is 3.24. The first-order chi connectivity index (χ1) is 9.61. The average Bonchev–Trinajstić information content (AvgIpc) is 2.48. The van der Waals surface area contributed by atoms with Gasteiger partial charge in [0.25, 0.3) is 0 Å². The number of methoxy groups -OCH3 is 1. The van der Waals surface area contributed by atoms with Crippen molar-refractivity contribution in [1.82, 2.24) is 0 Å². The molecule has 0 heterocycles. The molecule has 2 aromatic rings. The molecule has 106 valence electrons. The fourth-order valence-corrected chi connectivity index (χ4v) is 2.45. The number of nitrogens with two attached hydrogens (primary N) is 1. The van der Waals surface area contributed by atoms with Crippen LogP contribution in [0.15, 0.2) is 46.9 Å². The second kappa shape index (κ2) is 7.23. The lowest BCUT2D eigenvalue weighted by Crippen LogP contribution is -2.11. The highest BCUT2D eigenvalue weighted by molar-refractivity contribution is 9.10. The molecule has 0 saturated heterocycles. The predicted octanol–water partition coefficient (Wildman–Crippen LogP) is 4.34. The summed E-state index contributed by atoms with van der Waals surface area (Å²) in [6, 6.07) is 13.9. The summed E-state index contributed by atoms with van der Waals surface area (Å²) in [4.78, 5) is 0. The van der Waals surface area contributed by atoms with Gasteiger partial charge in [-0.15, -0.1) is 0 Å². The Morgan fingerprint density at radius 2 is 1.80 bits per heavy atom. The van der Waals surface area contributed by atoms with Gasteiger partial charge in [0.2, 0.25) is 0 Å². The summed E-state index contributed by atoms with van der Waals surface area (Å²) in [5.74, 6) is 0. The minimum Gasteiger partial charge on any atom is -0.384 e. The van der Waals surface area contributed by atoms with Gasteiger partial charge in [-0.25, -0.2) is 0 Å². The van der Waals surface area contributed by atoms with Gasteiger partial charge in [0.15, 0.2) is 0 Å². The minimum atomic E-state index is -0.169. The van der Waals surface area contributed by atoms with Crippen LogP contribution < -0.4 is 5.73 Å². The van der Waals surface area contributed by atoms with Crippen LogP contribution >= 0.6 is 27.5 Å². The first kappa shape index (κ1) is 15.5. The summed E-state index contributed by atoms with van der Waals surface area (Å²) in [6.07, 6.45) is 0.913. The summed E-state index contributed by atoms with van der Waals surface area (Å²) in [5.41, 5.74) is 9.61.